The molecule has 8 heteroatoms. The number of fused-ring (bicyclic) bond motifs is 1. The van der Waals surface area contributed by atoms with E-state index >= 15 is 0 Å². The summed E-state index contributed by atoms with van der Waals surface area (Å²) in [5, 5.41) is 2.73. The van der Waals surface area contributed by atoms with Crippen LogP contribution in [0.4, 0.5) is 5.69 Å². The number of nitrogens with zero attached hydrogens (tertiary/aromatic N) is 3. The first kappa shape index (κ1) is 14.2. The molecule has 0 saturated carbocycles. The molecule has 0 aliphatic carbocycles. The van der Waals surface area contributed by atoms with Gasteiger partial charge in [0.2, 0.25) is 5.88 Å². The van der Waals surface area contributed by atoms with E-state index in [2.05, 4.69) is 20.3 Å². The topological polar surface area (TPSA) is 86.2 Å². The van der Waals surface area contributed by atoms with Crippen LogP contribution in [-0.2, 0) is 0 Å². The molecule has 0 saturated heterocycles. The maximum Gasteiger partial charge on any atom is 0.319 e. The molecular formula is C14H12N4O3S. The predicted octanol–water partition coefficient (Wildman–Crippen LogP) is 2.36. The van der Waals surface area contributed by atoms with Crippen molar-refractivity contribution in [3.63, 3.8) is 0 Å². The number of carbonyl (C=O) groups excluding carboxylic acids is 1. The highest BCUT2D eigenvalue weighted by Gasteiger charge is 2.13. The summed E-state index contributed by atoms with van der Waals surface area (Å²) < 4.78 is 11.0. The number of carbonyl (C=O) groups is 1. The Morgan fingerprint density at radius 1 is 1.23 bits per heavy atom. The lowest BCUT2D eigenvalue weighted by Gasteiger charge is -2.09. The van der Waals surface area contributed by atoms with E-state index in [0.29, 0.717) is 11.3 Å². The van der Waals surface area contributed by atoms with E-state index in [-0.39, 0.29) is 17.8 Å². The molecule has 0 fully saturated rings. The lowest BCUT2D eigenvalue weighted by atomic mass is 10.2. The highest BCUT2D eigenvalue weighted by atomic mass is 32.1. The van der Waals surface area contributed by atoms with Crippen molar-refractivity contribution >= 4 is 33.1 Å². The molecule has 1 amide bonds. The first-order valence-electron chi connectivity index (χ1n) is 6.31. The number of rotatable bonds is 4. The van der Waals surface area contributed by atoms with E-state index in [9.17, 15) is 4.79 Å². The van der Waals surface area contributed by atoms with Gasteiger partial charge in [-0.05, 0) is 18.2 Å². The molecule has 0 aliphatic heterocycles. The van der Waals surface area contributed by atoms with Crippen LogP contribution in [-0.4, -0.2) is 35.1 Å². The third-order valence-corrected chi connectivity index (χ3v) is 3.74. The summed E-state index contributed by atoms with van der Waals surface area (Å²) >= 11 is 1.48. The minimum Gasteiger partial charge on any atom is -0.479 e. The number of benzene rings is 1. The quantitative estimate of drug-likeness (QED) is 0.795. The van der Waals surface area contributed by atoms with Crippen molar-refractivity contribution in [1.82, 2.24) is 15.0 Å². The van der Waals surface area contributed by atoms with Gasteiger partial charge in [-0.2, -0.15) is 4.98 Å². The molecule has 0 aliphatic rings. The zero-order valence-corrected chi connectivity index (χ0v) is 12.7. The fourth-order valence-electron chi connectivity index (χ4n) is 1.88. The monoisotopic (exact) mass is 316 g/mol. The first-order valence-corrected chi connectivity index (χ1v) is 7.19. The summed E-state index contributed by atoms with van der Waals surface area (Å²) in [6.45, 7) is 0. The highest BCUT2D eigenvalue weighted by molar-refractivity contribution is 7.16. The van der Waals surface area contributed by atoms with Crippen LogP contribution in [0.2, 0.25) is 0 Å². The summed E-state index contributed by atoms with van der Waals surface area (Å²) in [5.74, 6) is -0.0403. The average molecular weight is 316 g/mol. The number of aromatic nitrogens is 3. The van der Waals surface area contributed by atoms with Gasteiger partial charge < -0.3 is 14.8 Å². The second-order valence-electron chi connectivity index (χ2n) is 4.27. The minimum atomic E-state index is -0.276. The summed E-state index contributed by atoms with van der Waals surface area (Å²) in [7, 11) is 2.91. The Kier molecular flexibility index (Phi) is 3.84. The lowest BCUT2D eigenvalue weighted by Crippen LogP contribution is -2.13. The number of amides is 1. The number of anilines is 1. The highest BCUT2D eigenvalue weighted by Crippen LogP contribution is 2.24. The van der Waals surface area contributed by atoms with E-state index in [4.69, 9.17) is 9.47 Å². The fraction of sp³-hybridized carbons (Fsp3) is 0.143. The van der Waals surface area contributed by atoms with Crippen LogP contribution in [0.1, 0.15) is 10.4 Å². The Hall–Kier alpha value is -2.74. The van der Waals surface area contributed by atoms with Crippen molar-refractivity contribution in [2.45, 2.75) is 0 Å². The molecule has 112 valence electrons. The van der Waals surface area contributed by atoms with Gasteiger partial charge in [-0.25, -0.2) is 9.97 Å². The Labute approximate surface area is 130 Å². The van der Waals surface area contributed by atoms with Crippen molar-refractivity contribution in [3.05, 3.63) is 35.5 Å². The summed E-state index contributed by atoms with van der Waals surface area (Å²) in [6, 6.07) is 5.48. The molecule has 3 rings (SSSR count). The van der Waals surface area contributed by atoms with Gasteiger partial charge in [0.15, 0.2) is 0 Å². The van der Waals surface area contributed by atoms with Gasteiger partial charge in [0.25, 0.3) is 5.91 Å². The first-order chi connectivity index (χ1) is 10.7. The number of thiazole rings is 1. The van der Waals surface area contributed by atoms with Gasteiger partial charge in [0, 0.05) is 5.56 Å². The van der Waals surface area contributed by atoms with Crippen molar-refractivity contribution in [2.24, 2.45) is 0 Å². The SMILES string of the molecule is COc1ncc(NC(=O)c2ccc3ncsc3c2)c(OC)n1. The van der Waals surface area contributed by atoms with Gasteiger partial charge in [0.1, 0.15) is 5.69 Å². The summed E-state index contributed by atoms with van der Waals surface area (Å²) in [6.07, 6.45) is 1.44. The molecule has 0 atom stereocenters. The molecule has 0 radical (unpaired) electrons. The standard InChI is InChI=1S/C14H12N4O3S/c1-20-13-10(6-15-14(18-13)21-2)17-12(19)8-3-4-9-11(5-8)22-7-16-9/h3-7H,1-2H3,(H,17,19). The number of hydrogen-bond donors (Lipinski definition) is 1. The molecule has 3 aromatic rings. The molecule has 1 aromatic carbocycles. The fourth-order valence-corrected chi connectivity index (χ4v) is 2.60. The molecular weight excluding hydrogens is 304 g/mol. The maximum atomic E-state index is 12.3. The van der Waals surface area contributed by atoms with Gasteiger partial charge >= 0.3 is 6.01 Å². The summed E-state index contributed by atoms with van der Waals surface area (Å²) in [4.78, 5) is 24.5. The molecule has 0 spiro atoms. The second-order valence-corrected chi connectivity index (χ2v) is 5.15. The van der Waals surface area contributed by atoms with Crippen LogP contribution in [0.25, 0.3) is 10.2 Å². The van der Waals surface area contributed by atoms with Crippen LogP contribution in [0.5, 0.6) is 11.9 Å². The zero-order valence-electron chi connectivity index (χ0n) is 11.9. The van der Waals surface area contributed by atoms with Crippen LogP contribution >= 0.6 is 11.3 Å². The van der Waals surface area contributed by atoms with Gasteiger partial charge in [-0.1, -0.05) is 0 Å². The van der Waals surface area contributed by atoms with Crippen molar-refractivity contribution in [3.8, 4) is 11.9 Å². The molecule has 0 unspecified atom stereocenters. The molecule has 1 N–H and O–H groups in total. The normalized spacial score (nSPS) is 10.5. The molecule has 22 heavy (non-hydrogen) atoms. The predicted molar refractivity (Wildman–Crippen MR) is 82.7 cm³/mol. The Balaban J connectivity index is 1.87. The number of hydrogen-bond acceptors (Lipinski definition) is 7. The second kappa shape index (κ2) is 5.94. The van der Waals surface area contributed by atoms with E-state index in [1.54, 1.807) is 17.6 Å². The minimum absolute atomic E-state index is 0.168. The number of nitrogens with one attached hydrogen (secondary N) is 1. The van der Waals surface area contributed by atoms with Crippen LogP contribution in [0.3, 0.4) is 0 Å². The molecule has 7 nitrogen and oxygen atoms in total. The number of ether oxygens (including phenoxy) is 2. The smallest absolute Gasteiger partial charge is 0.319 e. The van der Waals surface area contributed by atoms with Gasteiger partial charge in [-0.3, -0.25) is 4.79 Å². The third kappa shape index (κ3) is 2.68. The van der Waals surface area contributed by atoms with Gasteiger partial charge in [-0.15, -0.1) is 11.3 Å². The van der Waals surface area contributed by atoms with E-state index in [1.807, 2.05) is 6.07 Å². The lowest BCUT2D eigenvalue weighted by molar-refractivity contribution is 0.102. The summed E-state index contributed by atoms with van der Waals surface area (Å²) in [5.41, 5.74) is 3.51. The van der Waals surface area contributed by atoms with Crippen LogP contribution < -0.4 is 14.8 Å². The van der Waals surface area contributed by atoms with E-state index in [1.165, 1.54) is 31.8 Å². The van der Waals surface area contributed by atoms with E-state index in [0.717, 1.165) is 10.2 Å². The molecule has 2 aromatic heterocycles. The number of methoxy groups -OCH3 is 2. The van der Waals surface area contributed by atoms with Crippen LogP contribution in [0.15, 0.2) is 29.9 Å². The zero-order chi connectivity index (χ0) is 15.5. The Morgan fingerprint density at radius 3 is 2.86 bits per heavy atom. The largest absolute Gasteiger partial charge is 0.479 e. The van der Waals surface area contributed by atoms with E-state index < -0.39 is 0 Å². The van der Waals surface area contributed by atoms with Crippen molar-refractivity contribution < 1.29 is 14.3 Å². The Morgan fingerprint density at radius 2 is 2.09 bits per heavy atom. The Bertz CT molecular complexity index is 834. The molecule has 0 bridgehead atoms. The average Bonchev–Trinajstić information content (AvgIpc) is 3.02. The molecule has 2 heterocycles. The van der Waals surface area contributed by atoms with Crippen LogP contribution in [0, 0.1) is 0 Å². The third-order valence-electron chi connectivity index (χ3n) is 2.95. The van der Waals surface area contributed by atoms with Gasteiger partial charge in [0.05, 0.1) is 36.1 Å². The maximum absolute atomic E-state index is 12.3. The van der Waals surface area contributed by atoms with Crippen molar-refractivity contribution in [2.75, 3.05) is 19.5 Å². The van der Waals surface area contributed by atoms with Crippen molar-refractivity contribution in [1.29, 1.82) is 0 Å².